The van der Waals surface area contributed by atoms with Crippen LogP contribution in [0, 0.1) is 6.92 Å². The largest absolute Gasteiger partial charge is 0.351 e. The van der Waals surface area contributed by atoms with Crippen molar-refractivity contribution in [2.24, 2.45) is 5.73 Å². The van der Waals surface area contributed by atoms with Crippen molar-refractivity contribution in [2.75, 3.05) is 0 Å². The zero-order chi connectivity index (χ0) is 11.3. The van der Waals surface area contributed by atoms with Gasteiger partial charge in [-0.2, -0.15) is 0 Å². The van der Waals surface area contributed by atoms with Crippen molar-refractivity contribution in [2.45, 2.75) is 39.3 Å². The van der Waals surface area contributed by atoms with Crippen molar-refractivity contribution >= 4 is 17.2 Å². The summed E-state index contributed by atoms with van der Waals surface area (Å²) < 4.78 is 0. The summed E-state index contributed by atoms with van der Waals surface area (Å²) in [6, 6.07) is -0.0341. The number of hydrogen-bond acceptors (Lipinski definition) is 4. The van der Waals surface area contributed by atoms with E-state index in [1.54, 1.807) is 17.5 Å². The fraction of sp³-hybridized carbons (Fsp3) is 0.600. The maximum Gasteiger partial charge on any atom is 0.221 e. The van der Waals surface area contributed by atoms with Gasteiger partial charge in [0.25, 0.3) is 0 Å². The number of nitrogens with one attached hydrogen (secondary N) is 1. The number of thiazole rings is 1. The van der Waals surface area contributed by atoms with Crippen LogP contribution in [0.25, 0.3) is 0 Å². The van der Waals surface area contributed by atoms with Crippen LogP contribution in [0.2, 0.25) is 0 Å². The van der Waals surface area contributed by atoms with E-state index >= 15 is 0 Å². The Morgan fingerprint density at radius 1 is 1.73 bits per heavy atom. The summed E-state index contributed by atoms with van der Waals surface area (Å²) in [6.45, 7) is 4.48. The number of rotatable bonds is 5. The lowest BCUT2D eigenvalue weighted by atomic mass is 10.1. The summed E-state index contributed by atoms with van der Waals surface area (Å²) in [5, 5.41) is 3.85. The number of amides is 1. The first-order valence-corrected chi connectivity index (χ1v) is 5.87. The molecule has 1 amide bonds. The van der Waals surface area contributed by atoms with Crippen molar-refractivity contribution in [1.29, 1.82) is 0 Å². The highest BCUT2D eigenvalue weighted by molar-refractivity contribution is 7.11. The number of aromatic nitrogens is 1. The molecule has 0 aliphatic rings. The van der Waals surface area contributed by atoms with Crippen LogP contribution in [-0.2, 0) is 11.3 Å². The highest BCUT2D eigenvalue weighted by Gasteiger charge is 2.07. The molecular formula is C10H17N3OS. The number of aryl methyl sites for hydroxylation is 1. The van der Waals surface area contributed by atoms with E-state index in [0.29, 0.717) is 13.0 Å². The van der Waals surface area contributed by atoms with Crippen LogP contribution < -0.4 is 11.1 Å². The molecule has 1 unspecified atom stereocenters. The Balaban J connectivity index is 2.28. The molecule has 1 aromatic heterocycles. The van der Waals surface area contributed by atoms with E-state index in [-0.39, 0.29) is 11.9 Å². The fourth-order valence-electron chi connectivity index (χ4n) is 1.13. The van der Waals surface area contributed by atoms with E-state index in [0.717, 1.165) is 16.3 Å². The maximum absolute atomic E-state index is 11.4. The van der Waals surface area contributed by atoms with E-state index in [1.165, 1.54) is 0 Å². The molecule has 84 valence electrons. The Morgan fingerprint density at radius 2 is 2.47 bits per heavy atom. The maximum atomic E-state index is 11.4. The lowest BCUT2D eigenvalue weighted by molar-refractivity contribution is -0.121. The monoisotopic (exact) mass is 227 g/mol. The predicted molar refractivity (Wildman–Crippen MR) is 61.6 cm³/mol. The number of hydrogen-bond donors (Lipinski definition) is 2. The number of nitrogens with two attached hydrogens (primary N) is 1. The van der Waals surface area contributed by atoms with Gasteiger partial charge in [-0.05, 0) is 13.3 Å². The summed E-state index contributed by atoms with van der Waals surface area (Å²) in [5.74, 6) is 0.00963. The van der Waals surface area contributed by atoms with Gasteiger partial charge in [0, 0.05) is 23.5 Å². The van der Waals surface area contributed by atoms with Crippen LogP contribution in [0.4, 0.5) is 0 Å². The Hall–Kier alpha value is -0.940. The van der Waals surface area contributed by atoms with Crippen LogP contribution in [-0.4, -0.2) is 16.9 Å². The average Bonchev–Trinajstić information content (AvgIpc) is 2.61. The van der Waals surface area contributed by atoms with Gasteiger partial charge in [0.1, 0.15) is 0 Å². The smallest absolute Gasteiger partial charge is 0.221 e. The van der Waals surface area contributed by atoms with Gasteiger partial charge in [-0.1, -0.05) is 6.92 Å². The van der Waals surface area contributed by atoms with E-state index in [9.17, 15) is 4.79 Å². The Morgan fingerprint density at radius 3 is 3.00 bits per heavy atom. The molecule has 0 aromatic carbocycles. The molecule has 15 heavy (non-hydrogen) atoms. The van der Waals surface area contributed by atoms with E-state index in [4.69, 9.17) is 5.73 Å². The molecule has 0 radical (unpaired) electrons. The molecule has 0 aliphatic heterocycles. The minimum absolute atomic E-state index is 0.00963. The van der Waals surface area contributed by atoms with Crippen molar-refractivity contribution in [3.05, 3.63) is 16.1 Å². The standard InChI is InChI=1S/C10H17N3OS/c1-3-8(11)4-10(14)13-6-9-5-12-7(2)15-9/h5,8H,3-4,6,11H2,1-2H3,(H,13,14). The minimum atomic E-state index is -0.0341. The first-order valence-electron chi connectivity index (χ1n) is 5.05. The van der Waals surface area contributed by atoms with Gasteiger partial charge in [-0.25, -0.2) is 4.98 Å². The van der Waals surface area contributed by atoms with Crippen molar-refractivity contribution < 1.29 is 4.79 Å². The molecule has 0 spiro atoms. The third-order valence-electron chi connectivity index (χ3n) is 2.10. The Kier molecular flexibility index (Phi) is 4.71. The second-order valence-corrected chi connectivity index (χ2v) is 4.81. The van der Waals surface area contributed by atoms with Crippen molar-refractivity contribution in [3.8, 4) is 0 Å². The van der Waals surface area contributed by atoms with Gasteiger partial charge in [-0.15, -0.1) is 11.3 Å². The first-order chi connectivity index (χ1) is 7.11. The highest BCUT2D eigenvalue weighted by Crippen LogP contribution is 2.10. The van der Waals surface area contributed by atoms with Crippen molar-refractivity contribution in [1.82, 2.24) is 10.3 Å². The summed E-state index contributed by atoms with van der Waals surface area (Å²) in [6.07, 6.45) is 3.02. The summed E-state index contributed by atoms with van der Waals surface area (Å²) in [4.78, 5) is 16.6. The van der Waals surface area contributed by atoms with Crippen LogP contribution >= 0.6 is 11.3 Å². The predicted octanol–water partition coefficient (Wildman–Crippen LogP) is 1.20. The molecule has 0 saturated heterocycles. The molecular weight excluding hydrogens is 210 g/mol. The molecule has 0 aliphatic carbocycles. The SMILES string of the molecule is CCC(N)CC(=O)NCc1cnc(C)s1. The molecule has 1 atom stereocenters. The van der Waals surface area contributed by atoms with Crippen LogP contribution in [0.1, 0.15) is 29.7 Å². The zero-order valence-electron chi connectivity index (χ0n) is 9.12. The summed E-state index contributed by atoms with van der Waals surface area (Å²) in [5.41, 5.74) is 5.68. The lowest BCUT2D eigenvalue weighted by Crippen LogP contribution is -2.30. The van der Waals surface area contributed by atoms with Crippen LogP contribution in [0.15, 0.2) is 6.20 Å². The lowest BCUT2D eigenvalue weighted by Gasteiger charge is -2.08. The van der Waals surface area contributed by atoms with Gasteiger partial charge in [-0.3, -0.25) is 4.79 Å². The first kappa shape index (κ1) is 12.1. The zero-order valence-corrected chi connectivity index (χ0v) is 9.93. The second kappa shape index (κ2) is 5.82. The van der Waals surface area contributed by atoms with E-state index < -0.39 is 0 Å². The third kappa shape index (κ3) is 4.40. The number of carbonyl (C=O) groups excluding carboxylic acids is 1. The van der Waals surface area contributed by atoms with E-state index in [2.05, 4.69) is 10.3 Å². The number of nitrogens with zero attached hydrogens (tertiary/aromatic N) is 1. The third-order valence-corrected chi connectivity index (χ3v) is 3.01. The van der Waals surface area contributed by atoms with Gasteiger partial charge in [0.15, 0.2) is 0 Å². The fourth-order valence-corrected chi connectivity index (χ4v) is 1.86. The molecule has 5 heteroatoms. The molecule has 1 rings (SSSR count). The topological polar surface area (TPSA) is 68.0 Å². The van der Waals surface area contributed by atoms with Gasteiger partial charge < -0.3 is 11.1 Å². The quantitative estimate of drug-likeness (QED) is 0.794. The van der Waals surface area contributed by atoms with Crippen LogP contribution in [0.3, 0.4) is 0 Å². The Labute approximate surface area is 93.9 Å². The molecule has 0 bridgehead atoms. The average molecular weight is 227 g/mol. The molecule has 0 fully saturated rings. The van der Waals surface area contributed by atoms with Crippen molar-refractivity contribution in [3.63, 3.8) is 0 Å². The molecule has 0 saturated carbocycles. The van der Waals surface area contributed by atoms with Gasteiger partial charge >= 0.3 is 0 Å². The number of carbonyl (C=O) groups is 1. The summed E-state index contributed by atoms with van der Waals surface area (Å²) >= 11 is 1.60. The second-order valence-electron chi connectivity index (χ2n) is 3.49. The normalized spacial score (nSPS) is 12.5. The van der Waals surface area contributed by atoms with Gasteiger partial charge in [0.2, 0.25) is 5.91 Å². The molecule has 4 nitrogen and oxygen atoms in total. The highest BCUT2D eigenvalue weighted by atomic mass is 32.1. The minimum Gasteiger partial charge on any atom is -0.351 e. The Bertz CT molecular complexity index is 324. The molecule has 1 heterocycles. The van der Waals surface area contributed by atoms with Gasteiger partial charge in [0.05, 0.1) is 11.6 Å². The van der Waals surface area contributed by atoms with E-state index in [1.807, 2.05) is 13.8 Å². The van der Waals surface area contributed by atoms with Crippen LogP contribution in [0.5, 0.6) is 0 Å². The summed E-state index contributed by atoms with van der Waals surface area (Å²) in [7, 11) is 0. The molecule has 3 N–H and O–H groups in total. The molecule has 1 aromatic rings.